The van der Waals surface area contributed by atoms with E-state index in [2.05, 4.69) is 34.9 Å². The summed E-state index contributed by atoms with van der Waals surface area (Å²) in [7, 11) is 6.62. The van der Waals surface area contributed by atoms with Crippen molar-refractivity contribution in [3.05, 3.63) is 94.0 Å². The predicted octanol–water partition coefficient (Wildman–Crippen LogP) is 5.66. The van der Waals surface area contributed by atoms with Gasteiger partial charge >= 0.3 is 0 Å². The summed E-state index contributed by atoms with van der Waals surface area (Å²) < 4.78 is 22.2. The van der Waals surface area contributed by atoms with Gasteiger partial charge in [-0.1, -0.05) is 12.1 Å². The molecule has 0 spiro atoms. The Kier molecular flexibility index (Phi) is 8.55. The Bertz CT molecular complexity index is 1550. The minimum absolute atomic E-state index is 0.0731. The van der Waals surface area contributed by atoms with Gasteiger partial charge in [-0.25, -0.2) is 0 Å². The first-order valence-electron chi connectivity index (χ1n) is 15.0. The minimum Gasteiger partial charge on any atom is -0.507 e. The van der Waals surface area contributed by atoms with Gasteiger partial charge in [0.05, 0.1) is 28.4 Å². The number of nitrogens with one attached hydrogen (secondary N) is 2. The normalized spacial score (nSPS) is 17.4. The second-order valence-corrected chi connectivity index (χ2v) is 11.4. The van der Waals surface area contributed by atoms with Crippen LogP contribution in [-0.2, 0) is 25.7 Å². The molecule has 2 heterocycles. The van der Waals surface area contributed by atoms with E-state index in [0.29, 0.717) is 35.5 Å². The molecule has 0 fully saturated rings. The quantitative estimate of drug-likeness (QED) is 0.197. The SMILES string of the molecule is COc1cc2c(cc1OC)[C@H](Cc1ccc(O)c(-c3cc(C[C@H]4NCCc5cc(OC)c(OC)cc54)ccc3O)c1)NCC2. The number of hydrogen-bond acceptors (Lipinski definition) is 8. The summed E-state index contributed by atoms with van der Waals surface area (Å²) in [6, 6.07) is 19.7. The van der Waals surface area contributed by atoms with Gasteiger partial charge in [0.1, 0.15) is 11.5 Å². The molecule has 0 bridgehead atoms. The molecule has 0 aromatic heterocycles. The van der Waals surface area contributed by atoms with Crippen LogP contribution in [-0.4, -0.2) is 51.7 Å². The molecule has 2 aliphatic heterocycles. The van der Waals surface area contributed by atoms with E-state index in [1.54, 1.807) is 40.6 Å². The van der Waals surface area contributed by atoms with Gasteiger partial charge in [0.2, 0.25) is 0 Å². The number of phenols is 2. The fraction of sp³-hybridized carbons (Fsp3) is 0.333. The summed E-state index contributed by atoms with van der Waals surface area (Å²) in [5.74, 6) is 3.14. The van der Waals surface area contributed by atoms with Gasteiger partial charge in [0.25, 0.3) is 0 Å². The van der Waals surface area contributed by atoms with E-state index < -0.39 is 0 Å². The Labute approximate surface area is 258 Å². The average molecular weight is 597 g/mol. The second kappa shape index (κ2) is 12.7. The summed E-state index contributed by atoms with van der Waals surface area (Å²) in [6.07, 6.45) is 3.25. The fourth-order valence-corrected chi connectivity index (χ4v) is 6.62. The Morgan fingerprint density at radius 2 is 0.955 bits per heavy atom. The van der Waals surface area contributed by atoms with Crippen LogP contribution < -0.4 is 29.6 Å². The van der Waals surface area contributed by atoms with Crippen molar-refractivity contribution in [2.75, 3.05) is 41.5 Å². The van der Waals surface area contributed by atoms with E-state index in [0.717, 1.165) is 48.6 Å². The van der Waals surface area contributed by atoms with E-state index in [4.69, 9.17) is 18.9 Å². The van der Waals surface area contributed by atoms with Crippen LogP contribution in [0.5, 0.6) is 34.5 Å². The van der Waals surface area contributed by atoms with Crippen molar-refractivity contribution in [1.82, 2.24) is 10.6 Å². The molecule has 0 amide bonds. The van der Waals surface area contributed by atoms with E-state index >= 15 is 0 Å². The Morgan fingerprint density at radius 1 is 0.568 bits per heavy atom. The van der Waals surface area contributed by atoms with E-state index in [9.17, 15) is 10.2 Å². The van der Waals surface area contributed by atoms with Gasteiger partial charge in [-0.15, -0.1) is 0 Å². The first-order valence-corrected chi connectivity index (χ1v) is 15.0. The van der Waals surface area contributed by atoms with Crippen LogP contribution in [0.3, 0.4) is 0 Å². The van der Waals surface area contributed by atoms with Crippen molar-refractivity contribution in [2.45, 2.75) is 37.8 Å². The van der Waals surface area contributed by atoms with Gasteiger partial charge < -0.3 is 39.8 Å². The van der Waals surface area contributed by atoms with E-state index in [-0.39, 0.29) is 23.6 Å². The van der Waals surface area contributed by atoms with E-state index in [1.165, 1.54) is 22.3 Å². The second-order valence-electron chi connectivity index (χ2n) is 11.4. The highest BCUT2D eigenvalue weighted by Crippen LogP contribution is 2.41. The van der Waals surface area contributed by atoms with Crippen molar-refractivity contribution in [1.29, 1.82) is 0 Å². The molecule has 0 aliphatic carbocycles. The smallest absolute Gasteiger partial charge is 0.161 e. The molecule has 4 aromatic carbocycles. The van der Waals surface area contributed by atoms with Crippen LogP contribution >= 0.6 is 0 Å². The number of ether oxygens (including phenoxy) is 4. The number of methoxy groups -OCH3 is 4. The van der Waals surface area contributed by atoms with Crippen LogP contribution in [0.25, 0.3) is 11.1 Å². The molecule has 2 atom stereocenters. The Morgan fingerprint density at radius 3 is 1.34 bits per heavy atom. The lowest BCUT2D eigenvalue weighted by atomic mass is 9.88. The predicted molar refractivity (Wildman–Crippen MR) is 171 cm³/mol. The van der Waals surface area contributed by atoms with Gasteiger partial charge in [-0.05, 0) is 121 Å². The number of fused-ring (bicyclic) bond motifs is 2. The van der Waals surface area contributed by atoms with Crippen LogP contribution in [0.2, 0.25) is 0 Å². The van der Waals surface area contributed by atoms with Crippen molar-refractivity contribution in [3.8, 4) is 45.6 Å². The topological polar surface area (TPSA) is 101 Å². The summed E-state index contributed by atoms with van der Waals surface area (Å²) in [5.41, 5.74) is 8.15. The average Bonchev–Trinajstić information content (AvgIpc) is 3.05. The monoisotopic (exact) mass is 596 g/mol. The number of phenolic OH excluding ortho intramolecular Hbond substituents is 2. The zero-order chi connectivity index (χ0) is 30.8. The molecular weight excluding hydrogens is 556 g/mol. The number of aromatic hydroxyl groups is 2. The van der Waals surface area contributed by atoms with Crippen LogP contribution in [0.15, 0.2) is 60.7 Å². The van der Waals surface area contributed by atoms with Gasteiger partial charge in [0.15, 0.2) is 23.0 Å². The molecular formula is C36H40N2O6. The van der Waals surface area contributed by atoms with Crippen LogP contribution in [0.1, 0.15) is 45.5 Å². The van der Waals surface area contributed by atoms with Gasteiger partial charge in [0, 0.05) is 23.2 Å². The molecule has 6 rings (SSSR count). The zero-order valence-electron chi connectivity index (χ0n) is 25.7. The molecule has 4 N–H and O–H groups in total. The maximum absolute atomic E-state index is 11.0. The lowest BCUT2D eigenvalue weighted by Crippen LogP contribution is -2.31. The zero-order valence-corrected chi connectivity index (χ0v) is 25.7. The number of benzene rings is 4. The first kappa shape index (κ1) is 29.7. The number of hydrogen-bond donors (Lipinski definition) is 4. The van der Waals surface area contributed by atoms with E-state index in [1.807, 2.05) is 24.3 Å². The molecule has 8 heteroatoms. The largest absolute Gasteiger partial charge is 0.507 e. The highest BCUT2D eigenvalue weighted by atomic mass is 16.5. The fourth-order valence-electron chi connectivity index (χ4n) is 6.62. The Hall–Kier alpha value is -4.40. The van der Waals surface area contributed by atoms with Crippen molar-refractivity contribution >= 4 is 0 Å². The van der Waals surface area contributed by atoms with Crippen molar-refractivity contribution in [3.63, 3.8) is 0 Å². The third-order valence-corrected chi connectivity index (χ3v) is 8.90. The summed E-state index contributed by atoms with van der Waals surface area (Å²) in [4.78, 5) is 0. The molecule has 2 aliphatic rings. The molecule has 230 valence electrons. The molecule has 4 aromatic rings. The van der Waals surface area contributed by atoms with Crippen LogP contribution in [0, 0.1) is 0 Å². The molecule has 0 saturated heterocycles. The summed E-state index contributed by atoms with van der Waals surface area (Å²) in [6.45, 7) is 1.72. The number of rotatable bonds is 9. The highest BCUT2D eigenvalue weighted by molar-refractivity contribution is 5.76. The highest BCUT2D eigenvalue weighted by Gasteiger charge is 2.25. The molecule has 44 heavy (non-hydrogen) atoms. The lowest BCUT2D eigenvalue weighted by Gasteiger charge is -2.29. The minimum atomic E-state index is 0.0731. The maximum atomic E-state index is 11.0. The van der Waals surface area contributed by atoms with Gasteiger partial charge in [-0.2, -0.15) is 0 Å². The van der Waals surface area contributed by atoms with Crippen molar-refractivity contribution in [2.24, 2.45) is 0 Å². The molecule has 8 nitrogen and oxygen atoms in total. The maximum Gasteiger partial charge on any atom is 0.161 e. The van der Waals surface area contributed by atoms with Crippen molar-refractivity contribution < 1.29 is 29.2 Å². The third kappa shape index (κ3) is 5.75. The summed E-state index contributed by atoms with van der Waals surface area (Å²) in [5, 5.41) is 29.2. The lowest BCUT2D eigenvalue weighted by molar-refractivity contribution is 0.352. The standard InChI is InChI=1S/C36H40N2O6/c1-41-33-17-23-9-11-37-29(25(23)19-35(33)43-3)15-21-5-7-31(39)27(13-21)28-14-22(6-8-32(28)40)16-30-26-20-36(44-4)34(42-2)18-24(26)10-12-38-30/h5-8,13-14,17-20,29-30,37-40H,9-12,15-16H2,1-4H3/t29-,30+. The third-order valence-electron chi connectivity index (χ3n) is 8.90. The first-order chi connectivity index (χ1) is 21.4. The van der Waals surface area contributed by atoms with Gasteiger partial charge in [-0.3, -0.25) is 0 Å². The molecule has 0 radical (unpaired) electrons. The molecule has 0 saturated carbocycles. The summed E-state index contributed by atoms with van der Waals surface area (Å²) >= 11 is 0. The Balaban J connectivity index is 1.28. The molecule has 0 unspecified atom stereocenters. The van der Waals surface area contributed by atoms with Crippen LogP contribution in [0.4, 0.5) is 0 Å².